The predicted molar refractivity (Wildman–Crippen MR) is 164 cm³/mol. The average molecular weight is 581 g/mol. The fourth-order valence-electron chi connectivity index (χ4n) is 6.04. The Balaban J connectivity index is 0.00000267. The number of fused-ring (bicyclic) bond motifs is 1. The van der Waals surface area contributed by atoms with E-state index < -0.39 is 5.54 Å². The molecule has 1 fully saturated rings. The lowest BCUT2D eigenvalue weighted by molar-refractivity contribution is -0.134. The molecular weight excluding hydrogens is 533 g/mol. The molecule has 2 aliphatic heterocycles. The number of phenols is 1. The molecule has 1 saturated heterocycles. The Kier molecular flexibility index (Phi) is 11.2. The van der Waals surface area contributed by atoms with Crippen molar-refractivity contribution in [3.05, 3.63) is 59.2 Å². The predicted octanol–water partition coefficient (Wildman–Crippen LogP) is 5.43. The van der Waals surface area contributed by atoms with E-state index in [2.05, 4.69) is 67.9 Å². The number of likely N-dealkylation sites (tertiary alicyclic amines) is 1. The molecule has 218 valence electrons. The number of phenolic OH excluding ortho intramolecular Hbond substituents is 1. The number of rotatable bonds is 7. The first-order chi connectivity index (χ1) is 17.5. The number of amides is 1. The van der Waals surface area contributed by atoms with Crippen LogP contribution in [0.15, 0.2) is 42.5 Å². The van der Waals surface area contributed by atoms with Crippen molar-refractivity contribution in [3.8, 4) is 11.5 Å². The van der Waals surface area contributed by atoms with Crippen LogP contribution in [0.3, 0.4) is 0 Å². The first kappa shape index (κ1) is 33.2. The lowest BCUT2D eigenvalue weighted by atomic mass is 9.68. The summed E-state index contributed by atoms with van der Waals surface area (Å²) in [6.45, 7) is 14.6. The molecule has 39 heavy (non-hydrogen) atoms. The van der Waals surface area contributed by atoms with E-state index in [9.17, 15) is 9.90 Å². The Hall–Kier alpha value is -1.99. The number of carbonyl (C=O) groups excluding carboxylic acids is 1. The summed E-state index contributed by atoms with van der Waals surface area (Å²) < 4.78 is 5.40. The van der Waals surface area contributed by atoms with Gasteiger partial charge in [0.1, 0.15) is 17.0 Å². The van der Waals surface area contributed by atoms with Crippen LogP contribution in [-0.4, -0.2) is 66.2 Å². The molecule has 8 heteroatoms. The molecule has 6 nitrogen and oxygen atoms in total. The van der Waals surface area contributed by atoms with Crippen LogP contribution >= 0.6 is 24.8 Å². The molecule has 4 atom stereocenters. The summed E-state index contributed by atoms with van der Waals surface area (Å²) in [4.78, 5) is 18.5. The number of aromatic hydroxyl groups is 1. The van der Waals surface area contributed by atoms with E-state index in [1.807, 2.05) is 25.2 Å². The number of carbonyl (C=O) groups is 1. The van der Waals surface area contributed by atoms with E-state index in [1.165, 1.54) is 16.7 Å². The lowest BCUT2D eigenvalue weighted by Gasteiger charge is -2.47. The summed E-state index contributed by atoms with van der Waals surface area (Å²) in [5.74, 6) is 2.05. The van der Waals surface area contributed by atoms with Gasteiger partial charge in [-0.3, -0.25) is 9.69 Å². The molecule has 0 radical (unpaired) electrons. The molecule has 0 unspecified atom stereocenters. The van der Waals surface area contributed by atoms with Gasteiger partial charge in [0.05, 0.1) is 7.11 Å². The monoisotopic (exact) mass is 579 g/mol. The molecule has 2 aromatic rings. The smallest absolute Gasteiger partial charge is 0.240 e. The maximum absolute atomic E-state index is 13.8. The van der Waals surface area contributed by atoms with E-state index in [0.29, 0.717) is 24.0 Å². The minimum Gasteiger partial charge on any atom is -0.508 e. The van der Waals surface area contributed by atoms with Gasteiger partial charge < -0.3 is 20.1 Å². The van der Waals surface area contributed by atoms with Crippen LogP contribution in [0.4, 0.5) is 0 Å². The molecule has 0 spiro atoms. The summed E-state index contributed by atoms with van der Waals surface area (Å²) in [6.07, 6.45) is 1.71. The number of piperidine rings is 1. The van der Waals surface area contributed by atoms with Gasteiger partial charge in [-0.25, -0.2) is 0 Å². The first-order valence-electron chi connectivity index (χ1n) is 13.7. The third-order valence-electron chi connectivity index (χ3n) is 9.34. The molecule has 2 N–H and O–H groups in total. The summed E-state index contributed by atoms with van der Waals surface area (Å²) in [5, 5.41) is 13.5. The van der Waals surface area contributed by atoms with Crippen LogP contribution in [0.1, 0.15) is 57.7 Å². The largest absolute Gasteiger partial charge is 0.508 e. The highest BCUT2D eigenvalue weighted by molar-refractivity contribution is 5.87. The van der Waals surface area contributed by atoms with Crippen molar-refractivity contribution in [2.24, 2.45) is 11.8 Å². The summed E-state index contributed by atoms with van der Waals surface area (Å²) in [7, 11) is 3.73. The van der Waals surface area contributed by atoms with Crippen LogP contribution < -0.4 is 10.1 Å². The number of hydrogen-bond acceptors (Lipinski definition) is 5. The van der Waals surface area contributed by atoms with Gasteiger partial charge >= 0.3 is 0 Å². The standard InChI is InChI=1S/C31H45N3O3.2ClH/c1-21(2)28(20-34-14-13-30(4,22(3)18-34)25-9-8-10-26(35)16-25)32-29(36)31(5)17-23-11-12-27(37-7)15-24(23)19-33(31)6;;/h8-12,15-16,21-22,28,35H,13-14,17-20H2,1-7H3,(H,32,36);2*1H/t22-,28+,30+,31+;;/m0../s1. The molecule has 1 amide bonds. The first-order valence-corrected chi connectivity index (χ1v) is 13.7. The van der Waals surface area contributed by atoms with Crippen molar-refractivity contribution in [1.82, 2.24) is 15.1 Å². The Morgan fingerprint density at radius 3 is 2.49 bits per heavy atom. The van der Waals surface area contributed by atoms with Crippen LogP contribution in [-0.2, 0) is 23.2 Å². The van der Waals surface area contributed by atoms with Crippen molar-refractivity contribution in [2.45, 2.75) is 71.0 Å². The maximum atomic E-state index is 13.8. The van der Waals surface area contributed by atoms with Gasteiger partial charge in [-0.05, 0) is 91.6 Å². The molecule has 0 bridgehead atoms. The quantitative estimate of drug-likeness (QED) is 0.457. The second kappa shape index (κ2) is 13.1. The van der Waals surface area contributed by atoms with Crippen molar-refractivity contribution in [1.29, 1.82) is 0 Å². The Morgan fingerprint density at radius 2 is 1.87 bits per heavy atom. The maximum Gasteiger partial charge on any atom is 0.240 e. The summed E-state index contributed by atoms with van der Waals surface area (Å²) in [6, 6.07) is 14.0. The zero-order valence-corrected chi connectivity index (χ0v) is 26.1. The Labute approximate surface area is 247 Å². The SMILES string of the molecule is COc1ccc2c(c1)CN(C)[C@@](C)(C(=O)N[C@H](CN1CC[C@@](C)(c3cccc(O)c3)[C@@H](C)C1)C(C)C)C2.Cl.Cl. The number of halogens is 2. The van der Waals surface area contributed by atoms with E-state index in [0.717, 1.165) is 38.3 Å². The van der Waals surface area contributed by atoms with Crippen molar-refractivity contribution < 1.29 is 14.6 Å². The number of ether oxygens (including phenoxy) is 1. The highest BCUT2D eigenvalue weighted by Gasteiger charge is 2.43. The highest BCUT2D eigenvalue weighted by atomic mass is 35.5. The van der Waals surface area contributed by atoms with Crippen molar-refractivity contribution >= 4 is 30.7 Å². The summed E-state index contributed by atoms with van der Waals surface area (Å²) in [5.41, 5.74) is 3.08. The minimum atomic E-state index is -0.599. The molecule has 4 rings (SSSR count). The summed E-state index contributed by atoms with van der Waals surface area (Å²) >= 11 is 0. The number of hydrogen-bond donors (Lipinski definition) is 2. The highest BCUT2D eigenvalue weighted by Crippen LogP contribution is 2.40. The second-order valence-electron chi connectivity index (χ2n) is 12.1. The molecule has 2 aliphatic rings. The van der Waals surface area contributed by atoms with Crippen molar-refractivity contribution in [2.75, 3.05) is 33.8 Å². The topological polar surface area (TPSA) is 65.0 Å². The van der Waals surface area contributed by atoms with Gasteiger partial charge in [-0.2, -0.15) is 0 Å². The zero-order valence-electron chi connectivity index (χ0n) is 24.5. The van der Waals surface area contributed by atoms with E-state index in [1.54, 1.807) is 13.2 Å². The zero-order chi connectivity index (χ0) is 27.0. The molecule has 2 aromatic carbocycles. The van der Waals surface area contributed by atoms with E-state index in [-0.39, 0.29) is 42.2 Å². The van der Waals surface area contributed by atoms with Crippen LogP contribution in [0, 0.1) is 11.8 Å². The van der Waals surface area contributed by atoms with E-state index in [4.69, 9.17) is 4.74 Å². The molecule has 2 heterocycles. The van der Waals surface area contributed by atoms with Gasteiger partial charge in [0.15, 0.2) is 0 Å². The Morgan fingerprint density at radius 1 is 1.15 bits per heavy atom. The molecule has 0 saturated carbocycles. The average Bonchev–Trinajstić information content (AvgIpc) is 2.86. The second-order valence-corrected chi connectivity index (χ2v) is 12.1. The molecule has 0 aliphatic carbocycles. The normalized spacial score (nSPS) is 26.1. The Bertz CT molecular complexity index is 1130. The minimum absolute atomic E-state index is 0. The molecular formula is C31H47Cl2N3O3. The van der Waals surface area contributed by atoms with Gasteiger partial charge in [-0.1, -0.05) is 45.9 Å². The number of nitrogens with one attached hydrogen (secondary N) is 1. The number of likely N-dealkylation sites (N-methyl/N-ethyl adjacent to an activating group) is 1. The number of benzene rings is 2. The fourth-order valence-corrected chi connectivity index (χ4v) is 6.04. The van der Waals surface area contributed by atoms with Gasteiger partial charge in [-0.15, -0.1) is 24.8 Å². The van der Waals surface area contributed by atoms with Crippen LogP contribution in [0.5, 0.6) is 11.5 Å². The number of nitrogens with zero attached hydrogens (tertiary/aromatic N) is 2. The van der Waals surface area contributed by atoms with Gasteiger partial charge in [0.2, 0.25) is 5.91 Å². The third-order valence-corrected chi connectivity index (χ3v) is 9.34. The third kappa shape index (κ3) is 6.84. The van der Waals surface area contributed by atoms with Crippen LogP contribution in [0.2, 0.25) is 0 Å². The molecule has 0 aromatic heterocycles. The number of methoxy groups -OCH3 is 1. The van der Waals surface area contributed by atoms with E-state index >= 15 is 0 Å². The lowest BCUT2D eigenvalue weighted by Crippen LogP contribution is -2.62. The van der Waals surface area contributed by atoms with Gasteiger partial charge in [0.25, 0.3) is 0 Å². The van der Waals surface area contributed by atoms with Gasteiger partial charge in [0, 0.05) is 25.7 Å². The van der Waals surface area contributed by atoms with Crippen molar-refractivity contribution in [3.63, 3.8) is 0 Å². The van der Waals surface area contributed by atoms with Crippen LogP contribution in [0.25, 0.3) is 0 Å². The fraction of sp³-hybridized carbons (Fsp3) is 0.581.